The van der Waals surface area contributed by atoms with Crippen LogP contribution in [0.15, 0.2) is 0 Å². The Morgan fingerprint density at radius 3 is 2.43 bits per heavy atom. The number of carbonyl (C=O) groups is 2. The maximum Gasteiger partial charge on any atom is 0.306 e. The topological polar surface area (TPSA) is 75.6 Å². The molecule has 0 aromatic carbocycles. The Bertz CT molecular complexity index is 352. The van der Waals surface area contributed by atoms with E-state index in [2.05, 4.69) is 5.32 Å². The van der Waals surface area contributed by atoms with Gasteiger partial charge >= 0.3 is 5.97 Å². The van der Waals surface area contributed by atoms with Crippen LogP contribution < -0.4 is 5.32 Å². The van der Waals surface area contributed by atoms with Crippen LogP contribution in [-0.2, 0) is 14.3 Å². The molecule has 120 valence electrons. The van der Waals surface area contributed by atoms with Crippen molar-refractivity contribution in [3.8, 4) is 0 Å². The van der Waals surface area contributed by atoms with Crippen molar-refractivity contribution in [2.75, 3.05) is 13.2 Å². The van der Waals surface area contributed by atoms with Gasteiger partial charge < -0.3 is 15.2 Å². The minimum absolute atomic E-state index is 0.00630. The number of hydrogen-bond donors (Lipinski definition) is 2. The predicted octanol–water partition coefficient (Wildman–Crippen LogP) is 2.34. The zero-order chi connectivity index (χ0) is 15.1. The van der Waals surface area contributed by atoms with Gasteiger partial charge in [-0.25, -0.2) is 0 Å². The minimum atomic E-state index is -0.770. The second-order valence-electron chi connectivity index (χ2n) is 6.32. The van der Waals surface area contributed by atoms with Gasteiger partial charge in [0, 0.05) is 12.5 Å². The van der Waals surface area contributed by atoms with Crippen molar-refractivity contribution in [1.29, 1.82) is 0 Å². The zero-order valence-electron chi connectivity index (χ0n) is 12.7. The second kappa shape index (κ2) is 8.37. The van der Waals surface area contributed by atoms with E-state index in [-0.39, 0.29) is 17.7 Å². The number of carboxylic acid groups (broad SMARTS) is 1. The van der Waals surface area contributed by atoms with E-state index in [1.54, 1.807) is 0 Å². The monoisotopic (exact) mass is 297 g/mol. The van der Waals surface area contributed by atoms with Crippen molar-refractivity contribution in [3.05, 3.63) is 0 Å². The third-order valence-corrected chi connectivity index (χ3v) is 4.70. The minimum Gasteiger partial charge on any atom is -0.481 e. The first-order chi connectivity index (χ1) is 10.2. The van der Waals surface area contributed by atoms with Crippen LogP contribution in [0.5, 0.6) is 0 Å². The molecule has 0 spiro atoms. The second-order valence-corrected chi connectivity index (χ2v) is 6.32. The van der Waals surface area contributed by atoms with E-state index in [9.17, 15) is 9.59 Å². The summed E-state index contributed by atoms with van der Waals surface area (Å²) in [4.78, 5) is 23.1. The number of rotatable bonds is 6. The highest BCUT2D eigenvalue weighted by molar-refractivity contribution is 5.80. The van der Waals surface area contributed by atoms with E-state index in [0.717, 1.165) is 25.7 Å². The Labute approximate surface area is 126 Å². The molecule has 2 aliphatic carbocycles. The molecule has 2 unspecified atom stereocenters. The molecule has 0 radical (unpaired) electrons. The normalized spacial score (nSPS) is 27.2. The van der Waals surface area contributed by atoms with Gasteiger partial charge in [0.2, 0.25) is 5.91 Å². The molecule has 5 nitrogen and oxygen atoms in total. The Morgan fingerprint density at radius 2 is 1.71 bits per heavy atom. The highest BCUT2D eigenvalue weighted by atomic mass is 16.5. The van der Waals surface area contributed by atoms with Gasteiger partial charge in [0.1, 0.15) is 0 Å². The summed E-state index contributed by atoms with van der Waals surface area (Å²) >= 11 is 0. The van der Waals surface area contributed by atoms with Gasteiger partial charge in [-0.3, -0.25) is 9.59 Å². The molecule has 0 saturated heterocycles. The van der Waals surface area contributed by atoms with Gasteiger partial charge in [-0.2, -0.15) is 0 Å². The fourth-order valence-corrected chi connectivity index (χ4v) is 3.43. The van der Waals surface area contributed by atoms with E-state index in [4.69, 9.17) is 9.84 Å². The smallest absolute Gasteiger partial charge is 0.306 e. The number of nitrogens with one attached hydrogen (secondary N) is 1. The molecule has 1 amide bonds. The Balaban J connectivity index is 1.61. The molecule has 2 saturated carbocycles. The molecular weight excluding hydrogens is 270 g/mol. The molecule has 2 N–H and O–H groups in total. The Kier molecular flexibility index (Phi) is 6.49. The summed E-state index contributed by atoms with van der Waals surface area (Å²) in [6, 6.07) is 0. The third-order valence-electron chi connectivity index (χ3n) is 4.70. The standard InChI is InChI=1S/C16H27NO4/c18-15(12-5-4-6-13(11-12)16(19)20)17-9-10-21-14-7-2-1-3-8-14/h12-14H,1-11H2,(H,17,18)(H,19,20). The molecular formula is C16H27NO4. The largest absolute Gasteiger partial charge is 0.481 e. The quantitative estimate of drug-likeness (QED) is 0.738. The van der Waals surface area contributed by atoms with Crippen LogP contribution in [0.3, 0.4) is 0 Å². The zero-order valence-corrected chi connectivity index (χ0v) is 12.7. The highest BCUT2D eigenvalue weighted by Crippen LogP contribution is 2.29. The summed E-state index contributed by atoms with van der Waals surface area (Å²) in [5.74, 6) is -1.27. The molecule has 5 heteroatoms. The van der Waals surface area contributed by atoms with Crippen LogP contribution in [-0.4, -0.2) is 36.2 Å². The molecule has 2 atom stereocenters. The number of aliphatic carboxylic acids is 1. The van der Waals surface area contributed by atoms with Gasteiger partial charge in [0.25, 0.3) is 0 Å². The molecule has 2 fully saturated rings. The van der Waals surface area contributed by atoms with Gasteiger partial charge in [-0.1, -0.05) is 25.7 Å². The maximum atomic E-state index is 12.1. The van der Waals surface area contributed by atoms with E-state index in [0.29, 0.717) is 32.1 Å². The van der Waals surface area contributed by atoms with Gasteiger partial charge in [0.05, 0.1) is 18.6 Å². The van der Waals surface area contributed by atoms with Crippen molar-refractivity contribution in [2.45, 2.75) is 63.9 Å². The molecule has 0 aliphatic heterocycles. The van der Waals surface area contributed by atoms with Crippen LogP contribution in [0, 0.1) is 11.8 Å². The van der Waals surface area contributed by atoms with Crippen molar-refractivity contribution >= 4 is 11.9 Å². The lowest BCUT2D eigenvalue weighted by Gasteiger charge is -2.26. The van der Waals surface area contributed by atoms with E-state index in [1.165, 1.54) is 19.3 Å². The summed E-state index contributed by atoms with van der Waals surface area (Å²) in [6.45, 7) is 1.09. The van der Waals surface area contributed by atoms with Crippen molar-refractivity contribution in [1.82, 2.24) is 5.32 Å². The van der Waals surface area contributed by atoms with Crippen LogP contribution >= 0.6 is 0 Å². The number of amides is 1. The summed E-state index contributed by atoms with van der Waals surface area (Å²) in [7, 11) is 0. The summed E-state index contributed by atoms with van der Waals surface area (Å²) in [5, 5.41) is 11.9. The average Bonchev–Trinajstić information content (AvgIpc) is 2.52. The first-order valence-electron chi connectivity index (χ1n) is 8.29. The van der Waals surface area contributed by atoms with Gasteiger partial charge in [0.15, 0.2) is 0 Å². The fraction of sp³-hybridized carbons (Fsp3) is 0.875. The lowest BCUT2D eigenvalue weighted by Crippen LogP contribution is -2.37. The molecule has 21 heavy (non-hydrogen) atoms. The molecule has 0 aromatic heterocycles. The summed E-state index contributed by atoms with van der Waals surface area (Å²) < 4.78 is 5.77. The number of carboxylic acids is 1. The molecule has 2 rings (SSSR count). The van der Waals surface area contributed by atoms with Crippen LogP contribution in [0.4, 0.5) is 0 Å². The Hall–Kier alpha value is -1.10. The number of ether oxygens (including phenoxy) is 1. The highest BCUT2D eigenvalue weighted by Gasteiger charge is 2.30. The van der Waals surface area contributed by atoms with E-state index >= 15 is 0 Å². The number of carbonyl (C=O) groups excluding carboxylic acids is 1. The van der Waals surface area contributed by atoms with Gasteiger partial charge in [-0.15, -0.1) is 0 Å². The fourth-order valence-electron chi connectivity index (χ4n) is 3.43. The molecule has 2 aliphatic rings. The molecule has 0 bridgehead atoms. The molecule has 0 heterocycles. The average molecular weight is 297 g/mol. The number of hydrogen-bond acceptors (Lipinski definition) is 3. The van der Waals surface area contributed by atoms with E-state index in [1.807, 2.05) is 0 Å². The predicted molar refractivity (Wildman–Crippen MR) is 78.9 cm³/mol. The van der Waals surface area contributed by atoms with Crippen molar-refractivity contribution in [2.24, 2.45) is 11.8 Å². The van der Waals surface area contributed by atoms with Crippen LogP contribution in [0.1, 0.15) is 57.8 Å². The van der Waals surface area contributed by atoms with Gasteiger partial charge in [-0.05, 0) is 32.1 Å². The lowest BCUT2D eigenvalue weighted by molar-refractivity contribution is -0.144. The first-order valence-corrected chi connectivity index (χ1v) is 8.29. The van der Waals surface area contributed by atoms with Crippen LogP contribution in [0.2, 0.25) is 0 Å². The SMILES string of the molecule is O=C(O)C1CCCC(C(=O)NCCOC2CCCCC2)C1. The lowest BCUT2D eigenvalue weighted by atomic mass is 9.81. The first kappa shape index (κ1) is 16.3. The molecule has 0 aromatic rings. The third kappa shape index (κ3) is 5.30. The Morgan fingerprint density at radius 1 is 1.00 bits per heavy atom. The summed E-state index contributed by atoms with van der Waals surface area (Å²) in [5.41, 5.74) is 0. The maximum absolute atomic E-state index is 12.1. The van der Waals surface area contributed by atoms with Crippen molar-refractivity contribution < 1.29 is 19.4 Å². The summed E-state index contributed by atoms with van der Waals surface area (Å²) in [6.07, 6.45) is 9.24. The van der Waals surface area contributed by atoms with Crippen molar-refractivity contribution in [3.63, 3.8) is 0 Å². The van der Waals surface area contributed by atoms with E-state index < -0.39 is 5.97 Å². The van der Waals surface area contributed by atoms with Crippen LogP contribution in [0.25, 0.3) is 0 Å².